The Bertz CT molecular complexity index is 521. The van der Waals surface area contributed by atoms with Gasteiger partial charge in [-0.25, -0.2) is 4.68 Å². The van der Waals surface area contributed by atoms with Gasteiger partial charge in [0.2, 0.25) is 5.95 Å². The number of hydrogen-bond acceptors (Lipinski definition) is 5. The maximum atomic E-state index is 5.54. The Morgan fingerprint density at radius 3 is 3.22 bits per heavy atom. The number of hydrogen-bond donors (Lipinski definition) is 2. The van der Waals surface area contributed by atoms with Gasteiger partial charge in [0.1, 0.15) is 0 Å². The quantitative estimate of drug-likeness (QED) is 0.825. The summed E-state index contributed by atoms with van der Waals surface area (Å²) in [6.07, 6.45) is 5.38. The molecule has 0 saturated heterocycles. The predicted molar refractivity (Wildman–Crippen MR) is 68.3 cm³/mol. The first kappa shape index (κ1) is 11.2. The van der Waals surface area contributed by atoms with Crippen molar-refractivity contribution < 1.29 is 0 Å². The van der Waals surface area contributed by atoms with Crippen molar-refractivity contribution in [3.63, 3.8) is 0 Å². The molecule has 1 aliphatic rings. The third-order valence-electron chi connectivity index (χ3n) is 3.11. The smallest absolute Gasteiger partial charge is 0.221 e. The lowest BCUT2D eigenvalue weighted by atomic mass is 10.1. The van der Waals surface area contributed by atoms with Crippen LogP contribution in [0.5, 0.6) is 0 Å². The average Bonchev–Trinajstić information content (AvgIpc) is 2.82. The molecule has 0 spiro atoms. The SMILES string of the molecule is NCCc1nc2n(n1)C(c1cccnc1)CCN2. The molecular weight excluding hydrogens is 228 g/mol. The lowest BCUT2D eigenvalue weighted by Crippen LogP contribution is -2.24. The van der Waals surface area contributed by atoms with E-state index in [9.17, 15) is 0 Å². The van der Waals surface area contributed by atoms with Gasteiger partial charge >= 0.3 is 0 Å². The molecule has 94 valence electrons. The van der Waals surface area contributed by atoms with E-state index in [2.05, 4.69) is 26.4 Å². The van der Waals surface area contributed by atoms with Crippen molar-refractivity contribution in [2.24, 2.45) is 5.73 Å². The number of rotatable bonds is 3. The van der Waals surface area contributed by atoms with Crippen LogP contribution in [0.3, 0.4) is 0 Å². The topological polar surface area (TPSA) is 81.7 Å². The Balaban J connectivity index is 1.96. The number of nitrogens with two attached hydrogens (primary N) is 1. The van der Waals surface area contributed by atoms with Crippen molar-refractivity contribution in [1.29, 1.82) is 0 Å². The normalized spacial score (nSPS) is 18.2. The van der Waals surface area contributed by atoms with Crippen LogP contribution in [0.2, 0.25) is 0 Å². The maximum Gasteiger partial charge on any atom is 0.221 e. The molecule has 0 fully saturated rings. The van der Waals surface area contributed by atoms with E-state index < -0.39 is 0 Å². The molecule has 0 aromatic carbocycles. The summed E-state index contributed by atoms with van der Waals surface area (Å²) in [5.41, 5.74) is 6.72. The first-order valence-electron chi connectivity index (χ1n) is 6.18. The highest BCUT2D eigenvalue weighted by Gasteiger charge is 2.24. The summed E-state index contributed by atoms with van der Waals surface area (Å²) in [5, 5.41) is 7.80. The minimum atomic E-state index is 0.217. The Hall–Kier alpha value is -1.95. The molecule has 2 aromatic heterocycles. The highest BCUT2D eigenvalue weighted by atomic mass is 15.4. The first-order chi connectivity index (χ1) is 8.88. The fourth-order valence-electron chi connectivity index (χ4n) is 2.26. The zero-order chi connectivity index (χ0) is 12.4. The molecule has 0 bridgehead atoms. The summed E-state index contributed by atoms with van der Waals surface area (Å²) in [4.78, 5) is 8.63. The predicted octanol–water partition coefficient (Wildman–Crippen LogP) is 0.579. The van der Waals surface area contributed by atoms with Crippen LogP contribution in [0.4, 0.5) is 5.95 Å². The Morgan fingerprint density at radius 2 is 2.44 bits per heavy atom. The first-order valence-corrected chi connectivity index (χ1v) is 6.18. The summed E-state index contributed by atoms with van der Waals surface area (Å²) in [5.74, 6) is 1.63. The second kappa shape index (κ2) is 4.73. The molecule has 0 radical (unpaired) electrons. The third kappa shape index (κ3) is 1.95. The van der Waals surface area contributed by atoms with E-state index in [4.69, 9.17) is 5.73 Å². The molecule has 1 unspecified atom stereocenters. The number of nitrogens with zero attached hydrogens (tertiary/aromatic N) is 4. The molecule has 1 aliphatic heterocycles. The lowest BCUT2D eigenvalue weighted by Gasteiger charge is -2.24. The largest absolute Gasteiger partial charge is 0.354 e. The molecule has 3 N–H and O–H groups in total. The van der Waals surface area contributed by atoms with Crippen LogP contribution in [0.1, 0.15) is 23.9 Å². The average molecular weight is 244 g/mol. The summed E-state index contributed by atoms with van der Waals surface area (Å²) >= 11 is 0. The Kier molecular flexibility index (Phi) is 2.93. The fourth-order valence-corrected chi connectivity index (χ4v) is 2.26. The van der Waals surface area contributed by atoms with Crippen LogP contribution >= 0.6 is 0 Å². The highest BCUT2D eigenvalue weighted by molar-refractivity contribution is 5.32. The molecule has 3 rings (SSSR count). The minimum absolute atomic E-state index is 0.217. The number of anilines is 1. The maximum absolute atomic E-state index is 5.54. The molecule has 0 amide bonds. The molecule has 0 saturated carbocycles. The number of aromatic nitrogens is 4. The van der Waals surface area contributed by atoms with Gasteiger partial charge in [0.15, 0.2) is 5.82 Å². The van der Waals surface area contributed by atoms with Gasteiger partial charge in [0, 0.05) is 25.4 Å². The van der Waals surface area contributed by atoms with Gasteiger partial charge in [-0.1, -0.05) is 6.07 Å². The van der Waals surface area contributed by atoms with Crippen molar-refractivity contribution in [3.8, 4) is 0 Å². The molecule has 6 nitrogen and oxygen atoms in total. The fraction of sp³-hybridized carbons (Fsp3) is 0.417. The van der Waals surface area contributed by atoms with Crippen molar-refractivity contribution in [2.45, 2.75) is 18.9 Å². The molecule has 2 aromatic rings. The second-order valence-electron chi connectivity index (χ2n) is 4.35. The van der Waals surface area contributed by atoms with Gasteiger partial charge in [-0.3, -0.25) is 4.98 Å². The Morgan fingerprint density at radius 1 is 1.50 bits per heavy atom. The number of pyridine rings is 1. The second-order valence-corrected chi connectivity index (χ2v) is 4.35. The third-order valence-corrected chi connectivity index (χ3v) is 3.11. The van der Waals surface area contributed by atoms with Gasteiger partial charge in [-0.05, 0) is 24.6 Å². The van der Waals surface area contributed by atoms with E-state index in [0.717, 1.165) is 24.7 Å². The van der Waals surface area contributed by atoms with E-state index in [0.29, 0.717) is 13.0 Å². The molecule has 18 heavy (non-hydrogen) atoms. The molecule has 6 heteroatoms. The van der Waals surface area contributed by atoms with E-state index in [1.54, 1.807) is 6.20 Å². The summed E-state index contributed by atoms with van der Waals surface area (Å²) in [6, 6.07) is 4.25. The van der Waals surface area contributed by atoms with Gasteiger partial charge in [-0.15, -0.1) is 0 Å². The van der Waals surface area contributed by atoms with E-state index in [1.165, 1.54) is 5.56 Å². The molecule has 3 heterocycles. The number of nitrogens with one attached hydrogen (secondary N) is 1. The molecular formula is C12H16N6. The monoisotopic (exact) mass is 244 g/mol. The van der Waals surface area contributed by atoms with Gasteiger partial charge in [0.25, 0.3) is 0 Å². The standard InChI is InChI=1S/C12H16N6/c13-5-3-11-16-12-15-7-4-10(18(12)17-11)9-2-1-6-14-8-9/h1-2,6,8,10H,3-5,7,13H2,(H,15,16,17). The minimum Gasteiger partial charge on any atom is -0.354 e. The van der Waals surface area contributed by atoms with Crippen molar-refractivity contribution in [2.75, 3.05) is 18.4 Å². The van der Waals surface area contributed by atoms with Crippen molar-refractivity contribution >= 4 is 5.95 Å². The van der Waals surface area contributed by atoms with Gasteiger partial charge in [-0.2, -0.15) is 10.1 Å². The van der Waals surface area contributed by atoms with E-state index >= 15 is 0 Å². The van der Waals surface area contributed by atoms with Crippen molar-refractivity contribution in [1.82, 2.24) is 19.7 Å². The summed E-state index contributed by atoms with van der Waals surface area (Å²) in [7, 11) is 0. The van der Waals surface area contributed by atoms with Crippen LogP contribution in [0.25, 0.3) is 0 Å². The molecule has 1 atom stereocenters. The molecule has 0 aliphatic carbocycles. The van der Waals surface area contributed by atoms with E-state index in [1.807, 2.05) is 16.9 Å². The highest BCUT2D eigenvalue weighted by Crippen LogP contribution is 2.27. The van der Waals surface area contributed by atoms with Crippen LogP contribution in [-0.2, 0) is 6.42 Å². The summed E-state index contributed by atoms with van der Waals surface area (Å²) in [6.45, 7) is 1.47. The zero-order valence-corrected chi connectivity index (χ0v) is 10.1. The van der Waals surface area contributed by atoms with Crippen LogP contribution in [0.15, 0.2) is 24.5 Å². The lowest BCUT2D eigenvalue weighted by molar-refractivity contribution is 0.476. The van der Waals surface area contributed by atoms with Crippen molar-refractivity contribution in [3.05, 3.63) is 35.9 Å². The summed E-state index contributed by atoms with van der Waals surface area (Å²) < 4.78 is 1.95. The van der Waals surface area contributed by atoms with Gasteiger partial charge < -0.3 is 11.1 Å². The van der Waals surface area contributed by atoms with Crippen LogP contribution in [-0.4, -0.2) is 32.8 Å². The van der Waals surface area contributed by atoms with E-state index in [-0.39, 0.29) is 6.04 Å². The van der Waals surface area contributed by atoms with Gasteiger partial charge in [0.05, 0.1) is 6.04 Å². The zero-order valence-electron chi connectivity index (χ0n) is 10.1. The Labute approximate surface area is 105 Å². The number of fused-ring (bicyclic) bond motifs is 1. The van der Waals surface area contributed by atoms with Crippen LogP contribution in [0, 0.1) is 0 Å². The van der Waals surface area contributed by atoms with Crippen LogP contribution < -0.4 is 11.1 Å².